The molecule has 0 atom stereocenters. The van der Waals surface area contributed by atoms with Crippen molar-refractivity contribution in [2.75, 3.05) is 0 Å². The average Bonchev–Trinajstić information content (AvgIpc) is 3.43. The number of aromatic nitrogens is 2. The van der Waals surface area contributed by atoms with Crippen molar-refractivity contribution in [3.05, 3.63) is 83.3 Å². The van der Waals surface area contributed by atoms with E-state index in [0.717, 1.165) is 22.5 Å². The molecule has 172 valence electrons. The lowest BCUT2D eigenvalue weighted by Gasteiger charge is -2.18. The van der Waals surface area contributed by atoms with Crippen molar-refractivity contribution in [3.63, 3.8) is 0 Å². The fourth-order valence-electron chi connectivity index (χ4n) is 3.57. The molecule has 2 aromatic carbocycles. The highest BCUT2D eigenvalue weighted by Gasteiger charge is 2.15. The molecule has 5 nitrogen and oxygen atoms in total. The molecule has 0 aliphatic rings. The Balaban J connectivity index is 1.33. The summed E-state index contributed by atoms with van der Waals surface area (Å²) in [5.74, 6) is 1.34. The van der Waals surface area contributed by atoms with Gasteiger partial charge in [0.1, 0.15) is 24.6 Å². The van der Waals surface area contributed by atoms with E-state index in [9.17, 15) is 0 Å². The molecular weight excluding hydrogens is 412 g/mol. The Bertz CT molecular complexity index is 1090. The molecule has 4 rings (SSSR count). The molecule has 5 heteroatoms. The molecule has 0 amide bonds. The molecule has 0 fully saturated rings. The molecule has 0 radical (unpaired) electrons. The third-order valence-electron chi connectivity index (χ3n) is 5.70. The quantitative estimate of drug-likeness (QED) is 0.312. The van der Waals surface area contributed by atoms with E-state index in [1.54, 1.807) is 0 Å². The number of rotatable bonds is 6. The van der Waals surface area contributed by atoms with Gasteiger partial charge in [-0.15, -0.1) is 0 Å². The van der Waals surface area contributed by atoms with Gasteiger partial charge in [-0.25, -0.2) is 0 Å². The predicted octanol–water partition coefficient (Wildman–Crippen LogP) is 7.31. The molecule has 0 aliphatic carbocycles. The molecule has 0 saturated carbocycles. The molecule has 2 heterocycles. The highest BCUT2D eigenvalue weighted by atomic mass is 16.5. The van der Waals surface area contributed by atoms with Crippen LogP contribution in [0.3, 0.4) is 0 Å². The van der Waals surface area contributed by atoms with Crippen molar-refractivity contribution >= 4 is 0 Å². The molecule has 2 aromatic heterocycles. The lowest BCUT2D eigenvalue weighted by molar-refractivity contribution is 0.0727. The zero-order chi connectivity index (χ0) is 23.6. The fraction of sp³-hybridized carbons (Fsp3) is 0.357. The van der Waals surface area contributed by atoms with Crippen LogP contribution in [0.25, 0.3) is 22.5 Å². The monoisotopic (exact) mass is 444 g/mol. The lowest BCUT2D eigenvalue weighted by atomic mass is 9.86. The van der Waals surface area contributed by atoms with E-state index in [2.05, 4.69) is 100 Å². The van der Waals surface area contributed by atoms with E-state index in [1.807, 2.05) is 12.1 Å². The Labute approximate surface area is 195 Å². The van der Waals surface area contributed by atoms with Crippen LogP contribution in [0.5, 0.6) is 0 Å². The topological polar surface area (TPSA) is 61.3 Å². The van der Waals surface area contributed by atoms with E-state index < -0.39 is 0 Å². The molecule has 0 unspecified atom stereocenters. The maximum atomic E-state index is 5.76. The van der Waals surface area contributed by atoms with Crippen molar-refractivity contribution in [2.24, 2.45) is 0 Å². The van der Waals surface area contributed by atoms with Gasteiger partial charge >= 0.3 is 0 Å². The minimum Gasteiger partial charge on any atom is -0.365 e. The summed E-state index contributed by atoms with van der Waals surface area (Å²) in [6.07, 6.45) is 0. The van der Waals surface area contributed by atoms with Crippen molar-refractivity contribution in [3.8, 4) is 22.5 Å². The summed E-state index contributed by atoms with van der Waals surface area (Å²) in [6.45, 7) is 13.8. The Kier molecular flexibility index (Phi) is 6.26. The molecular formula is C28H32N2O3. The zero-order valence-electron chi connectivity index (χ0n) is 20.3. The van der Waals surface area contributed by atoms with Crippen molar-refractivity contribution in [1.29, 1.82) is 0 Å². The first-order chi connectivity index (χ1) is 15.6. The summed E-state index contributed by atoms with van der Waals surface area (Å²) in [5.41, 5.74) is 6.47. The Morgan fingerprint density at radius 3 is 1.30 bits per heavy atom. The van der Waals surface area contributed by atoms with Crippen LogP contribution in [-0.2, 0) is 28.8 Å². The maximum Gasteiger partial charge on any atom is 0.163 e. The first-order valence-electron chi connectivity index (χ1n) is 11.3. The van der Waals surface area contributed by atoms with Gasteiger partial charge in [0.05, 0.1) is 0 Å². The molecule has 0 spiro atoms. The number of ether oxygens (including phenoxy) is 1. The number of hydrogen-bond acceptors (Lipinski definition) is 5. The molecule has 4 aromatic rings. The van der Waals surface area contributed by atoms with E-state index in [-0.39, 0.29) is 10.8 Å². The van der Waals surface area contributed by atoms with E-state index >= 15 is 0 Å². The van der Waals surface area contributed by atoms with Crippen LogP contribution >= 0.6 is 0 Å². The summed E-state index contributed by atoms with van der Waals surface area (Å²) >= 11 is 0. The smallest absolute Gasteiger partial charge is 0.163 e. The minimum absolute atomic E-state index is 0.123. The summed E-state index contributed by atoms with van der Waals surface area (Å²) < 4.78 is 16.7. The molecule has 0 aliphatic heterocycles. The van der Waals surface area contributed by atoms with Gasteiger partial charge in [0.25, 0.3) is 0 Å². The molecule has 33 heavy (non-hydrogen) atoms. The van der Waals surface area contributed by atoms with Gasteiger partial charge in [-0.1, -0.05) is 100 Å². The average molecular weight is 445 g/mol. The second kappa shape index (κ2) is 8.99. The Morgan fingerprint density at radius 2 is 0.970 bits per heavy atom. The predicted molar refractivity (Wildman–Crippen MR) is 130 cm³/mol. The second-order valence-electron chi connectivity index (χ2n) is 10.5. The van der Waals surface area contributed by atoms with Crippen molar-refractivity contribution in [2.45, 2.75) is 65.6 Å². The SMILES string of the molecule is CC(C)(C)c1ccc(-c2cc(COCc3cc(-c4ccc(C(C)(C)C)cc4)no3)on2)cc1. The van der Waals surface area contributed by atoms with E-state index in [1.165, 1.54) is 11.1 Å². The molecule has 0 bridgehead atoms. The third-order valence-corrected chi connectivity index (χ3v) is 5.70. The second-order valence-corrected chi connectivity index (χ2v) is 10.5. The van der Waals surface area contributed by atoms with Crippen LogP contribution in [0.4, 0.5) is 0 Å². The van der Waals surface area contributed by atoms with Crippen LogP contribution in [-0.4, -0.2) is 10.3 Å². The summed E-state index contributed by atoms with van der Waals surface area (Å²) in [4.78, 5) is 0. The number of benzene rings is 2. The summed E-state index contributed by atoms with van der Waals surface area (Å²) in [5, 5.41) is 8.36. The number of hydrogen-bond donors (Lipinski definition) is 0. The van der Waals surface area contributed by atoms with Gasteiger partial charge in [-0.2, -0.15) is 0 Å². The normalized spacial score (nSPS) is 12.3. The number of nitrogens with zero attached hydrogens (tertiary/aromatic N) is 2. The minimum atomic E-state index is 0.123. The fourth-order valence-corrected chi connectivity index (χ4v) is 3.57. The van der Waals surface area contributed by atoms with Gasteiger partial charge in [0, 0.05) is 23.3 Å². The van der Waals surface area contributed by atoms with Crippen LogP contribution in [0, 0.1) is 0 Å². The van der Waals surface area contributed by atoms with Gasteiger partial charge < -0.3 is 13.8 Å². The van der Waals surface area contributed by atoms with Crippen LogP contribution < -0.4 is 0 Å². The highest BCUT2D eigenvalue weighted by molar-refractivity contribution is 5.60. The maximum absolute atomic E-state index is 5.76. The highest BCUT2D eigenvalue weighted by Crippen LogP contribution is 2.27. The first kappa shape index (κ1) is 23.0. The third kappa shape index (κ3) is 5.60. The summed E-state index contributed by atoms with van der Waals surface area (Å²) in [7, 11) is 0. The first-order valence-corrected chi connectivity index (χ1v) is 11.3. The van der Waals surface area contributed by atoms with E-state index in [4.69, 9.17) is 13.8 Å². The molecule has 0 saturated heterocycles. The summed E-state index contributed by atoms with van der Waals surface area (Å²) in [6, 6.07) is 20.7. The van der Waals surface area contributed by atoms with Crippen LogP contribution in [0.15, 0.2) is 69.7 Å². The Hall–Kier alpha value is -3.18. The van der Waals surface area contributed by atoms with Crippen LogP contribution in [0.2, 0.25) is 0 Å². The van der Waals surface area contributed by atoms with Crippen molar-refractivity contribution in [1.82, 2.24) is 10.3 Å². The van der Waals surface area contributed by atoms with Crippen LogP contribution in [0.1, 0.15) is 64.2 Å². The molecule has 0 N–H and O–H groups in total. The zero-order valence-corrected chi connectivity index (χ0v) is 20.3. The Morgan fingerprint density at radius 1 is 0.606 bits per heavy atom. The largest absolute Gasteiger partial charge is 0.365 e. The standard InChI is InChI=1S/C28H32N2O3/c1-27(2,3)21-11-7-19(8-12-21)25-15-23(32-29-25)17-31-18-24-16-26(30-33-24)20-9-13-22(14-10-20)28(4,5)6/h7-16H,17-18H2,1-6H3. The van der Waals surface area contributed by atoms with Crippen molar-refractivity contribution < 1.29 is 13.8 Å². The van der Waals surface area contributed by atoms with Gasteiger partial charge in [0.15, 0.2) is 11.5 Å². The van der Waals surface area contributed by atoms with Gasteiger partial charge in [-0.05, 0) is 22.0 Å². The van der Waals surface area contributed by atoms with E-state index in [0.29, 0.717) is 24.7 Å². The lowest BCUT2D eigenvalue weighted by Crippen LogP contribution is -2.10. The van der Waals surface area contributed by atoms with Gasteiger partial charge in [0.2, 0.25) is 0 Å². The van der Waals surface area contributed by atoms with Gasteiger partial charge in [-0.3, -0.25) is 0 Å².